The van der Waals surface area contributed by atoms with Gasteiger partial charge in [-0.3, -0.25) is 0 Å². The molecule has 0 N–H and O–H groups in total. The van der Waals surface area contributed by atoms with Crippen molar-refractivity contribution in [1.82, 2.24) is 4.98 Å². The molecule has 4 rings (SSSR count). The Balaban J connectivity index is 1.52. The van der Waals surface area contributed by atoms with E-state index in [1.54, 1.807) is 6.07 Å². The first-order valence-corrected chi connectivity index (χ1v) is 9.07. The molecule has 0 bridgehead atoms. The van der Waals surface area contributed by atoms with Gasteiger partial charge < -0.3 is 9.47 Å². The molecule has 0 fully saturated rings. The van der Waals surface area contributed by atoms with Crippen molar-refractivity contribution in [3.8, 4) is 5.75 Å². The van der Waals surface area contributed by atoms with Crippen molar-refractivity contribution in [2.24, 2.45) is 0 Å². The van der Waals surface area contributed by atoms with Gasteiger partial charge in [0.15, 0.2) is 0 Å². The lowest BCUT2D eigenvalue weighted by Gasteiger charge is -2.10. The molecule has 0 aliphatic carbocycles. The molecule has 0 saturated carbocycles. The largest absolute Gasteiger partial charge is 0.487 e. The SMILES string of the molecule is O=C(OCc1ccccc1)c1ccc2cccc(OCc3ccccc3)c2n1. The molecule has 138 valence electrons. The normalized spacial score (nSPS) is 10.6. The second-order valence-corrected chi connectivity index (χ2v) is 6.36. The van der Waals surface area contributed by atoms with Gasteiger partial charge in [-0.2, -0.15) is 0 Å². The molecule has 4 heteroatoms. The molecule has 28 heavy (non-hydrogen) atoms. The Morgan fingerprint density at radius 1 is 0.714 bits per heavy atom. The summed E-state index contributed by atoms with van der Waals surface area (Å²) in [7, 11) is 0. The minimum atomic E-state index is -0.455. The number of aromatic nitrogens is 1. The van der Waals surface area contributed by atoms with E-state index < -0.39 is 5.97 Å². The lowest BCUT2D eigenvalue weighted by atomic mass is 10.2. The summed E-state index contributed by atoms with van der Waals surface area (Å²) in [6, 6.07) is 28.7. The summed E-state index contributed by atoms with van der Waals surface area (Å²) in [6.07, 6.45) is 0. The third-order valence-corrected chi connectivity index (χ3v) is 4.34. The van der Waals surface area contributed by atoms with Crippen molar-refractivity contribution in [1.29, 1.82) is 0 Å². The number of carbonyl (C=O) groups is 1. The average Bonchev–Trinajstić information content (AvgIpc) is 2.77. The molecule has 0 atom stereocenters. The van der Waals surface area contributed by atoms with Crippen LogP contribution in [0, 0.1) is 0 Å². The zero-order valence-electron chi connectivity index (χ0n) is 15.2. The lowest BCUT2D eigenvalue weighted by Crippen LogP contribution is -2.08. The highest BCUT2D eigenvalue weighted by Crippen LogP contribution is 2.25. The number of rotatable bonds is 6. The van der Waals surface area contributed by atoms with Crippen LogP contribution in [0.4, 0.5) is 0 Å². The van der Waals surface area contributed by atoms with Crippen LogP contribution >= 0.6 is 0 Å². The van der Waals surface area contributed by atoms with Crippen molar-refractivity contribution in [3.63, 3.8) is 0 Å². The Kier molecular flexibility index (Phi) is 5.29. The van der Waals surface area contributed by atoms with Gasteiger partial charge >= 0.3 is 5.97 Å². The van der Waals surface area contributed by atoms with Crippen LogP contribution in [0.5, 0.6) is 5.75 Å². The number of esters is 1. The van der Waals surface area contributed by atoms with E-state index in [0.29, 0.717) is 17.9 Å². The van der Waals surface area contributed by atoms with E-state index in [2.05, 4.69) is 4.98 Å². The highest BCUT2D eigenvalue weighted by atomic mass is 16.5. The lowest BCUT2D eigenvalue weighted by molar-refractivity contribution is 0.0466. The molecule has 1 aromatic heterocycles. The van der Waals surface area contributed by atoms with Crippen LogP contribution in [0.2, 0.25) is 0 Å². The maximum atomic E-state index is 12.4. The van der Waals surface area contributed by atoms with Crippen LogP contribution in [0.15, 0.2) is 91.0 Å². The zero-order chi connectivity index (χ0) is 19.2. The number of pyridine rings is 1. The average molecular weight is 369 g/mol. The molecule has 4 aromatic rings. The van der Waals surface area contributed by atoms with E-state index in [0.717, 1.165) is 16.5 Å². The fraction of sp³-hybridized carbons (Fsp3) is 0.0833. The Labute approximate surface area is 163 Å². The molecule has 0 unspecified atom stereocenters. The number of carbonyl (C=O) groups excluding carboxylic acids is 1. The molecule has 0 amide bonds. The third-order valence-electron chi connectivity index (χ3n) is 4.34. The highest BCUT2D eigenvalue weighted by Gasteiger charge is 2.12. The van der Waals surface area contributed by atoms with E-state index in [1.165, 1.54) is 0 Å². The number of nitrogens with zero attached hydrogens (tertiary/aromatic N) is 1. The first kappa shape index (κ1) is 17.7. The highest BCUT2D eigenvalue weighted by molar-refractivity contribution is 5.92. The number of benzene rings is 3. The molecular weight excluding hydrogens is 350 g/mol. The molecule has 3 aromatic carbocycles. The van der Waals surface area contributed by atoms with Gasteiger partial charge in [-0.15, -0.1) is 0 Å². The van der Waals surface area contributed by atoms with Gasteiger partial charge in [-0.1, -0.05) is 78.9 Å². The summed E-state index contributed by atoms with van der Waals surface area (Å²) >= 11 is 0. The Hall–Kier alpha value is -3.66. The Bertz CT molecular complexity index is 1080. The Morgan fingerprint density at radius 2 is 1.39 bits per heavy atom. The second kappa shape index (κ2) is 8.35. The minimum Gasteiger partial charge on any atom is -0.487 e. The number of ether oxygens (including phenoxy) is 2. The monoisotopic (exact) mass is 369 g/mol. The summed E-state index contributed by atoms with van der Waals surface area (Å²) in [5, 5.41) is 0.908. The van der Waals surface area contributed by atoms with Gasteiger partial charge in [0.05, 0.1) is 0 Å². The number of hydrogen-bond acceptors (Lipinski definition) is 4. The maximum absolute atomic E-state index is 12.4. The predicted molar refractivity (Wildman–Crippen MR) is 108 cm³/mol. The van der Waals surface area contributed by atoms with Crippen LogP contribution in [-0.2, 0) is 18.0 Å². The minimum absolute atomic E-state index is 0.214. The summed E-state index contributed by atoms with van der Waals surface area (Å²) in [5.41, 5.74) is 2.91. The fourth-order valence-electron chi connectivity index (χ4n) is 2.88. The van der Waals surface area contributed by atoms with E-state index in [1.807, 2.05) is 84.9 Å². The zero-order valence-corrected chi connectivity index (χ0v) is 15.2. The fourth-order valence-corrected chi connectivity index (χ4v) is 2.88. The van der Waals surface area contributed by atoms with Crippen LogP contribution in [0.25, 0.3) is 10.9 Å². The molecular formula is C24H19NO3. The van der Waals surface area contributed by atoms with E-state index >= 15 is 0 Å². The smallest absolute Gasteiger partial charge is 0.357 e. The summed E-state index contributed by atoms with van der Waals surface area (Å²) in [6.45, 7) is 0.649. The maximum Gasteiger partial charge on any atom is 0.357 e. The van der Waals surface area contributed by atoms with Crippen LogP contribution in [0.1, 0.15) is 21.6 Å². The molecule has 1 heterocycles. The third kappa shape index (κ3) is 4.18. The van der Waals surface area contributed by atoms with Crippen molar-refractivity contribution in [2.75, 3.05) is 0 Å². The van der Waals surface area contributed by atoms with E-state index in [4.69, 9.17) is 9.47 Å². The summed E-state index contributed by atoms with van der Waals surface area (Å²) in [5.74, 6) is 0.183. The van der Waals surface area contributed by atoms with Crippen molar-refractivity contribution >= 4 is 16.9 Å². The van der Waals surface area contributed by atoms with Gasteiger partial charge in [-0.05, 0) is 23.3 Å². The van der Waals surface area contributed by atoms with Crippen LogP contribution in [-0.4, -0.2) is 11.0 Å². The van der Waals surface area contributed by atoms with Crippen LogP contribution < -0.4 is 4.74 Å². The molecule has 0 aliphatic heterocycles. The second-order valence-electron chi connectivity index (χ2n) is 6.36. The van der Waals surface area contributed by atoms with Gasteiger partial charge in [-0.25, -0.2) is 9.78 Å². The van der Waals surface area contributed by atoms with Crippen molar-refractivity contribution < 1.29 is 14.3 Å². The van der Waals surface area contributed by atoms with Gasteiger partial charge in [0, 0.05) is 5.39 Å². The van der Waals surface area contributed by atoms with E-state index in [9.17, 15) is 4.79 Å². The quantitative estimate of drug-likeness (QED) is 0.440. The van der Waals surface area contributed by atoms with Gasteiger partial charge in [0.25, 0.3) is 0 Å². The van der Waals surface area contributed by atoms with Crippen molar-refractivity contribution in [3.05, 3.63) is 108 Å². The predicted octanol–water partition coefficient (Wildman–Crippen LogP) is 5.17. The van der Waals surface area contributed by atoms with Crippen molar-refractivity contribution in [2.45, 2.75) is 13.2 Å². The first-order chi connectivity index (χ1) is 13.8. The summed E-state index contributed by atoms with van der Waals surface area (Å²) in [4.78, 5) is 16.9. The van der Waals surface area contributed by atoms with Gasteiger partial charge in [0.1, 0.15) is 30.2 Å². The first-order valence-electron chi connectivity index (χ1n) is 9.07. The van der Waals surface area contributed by atoms with Gasteiger partial charge in [0.2, 0.25) is 0 Å². The number of hydrogen-bond donors (Lipinski definition) is 0. The molecule has 0 radical (unpaired) electrons. The van der Waals surface area contributed by atoms with E-state index in [-0.39, 0.29) is 12.3 Å². The topological polar surface area (TPSA) is 48.4 Å². The van der Waals surface area contributed by atoms with Crippen LogP contribution in [0.3, 0.4) is 0 Å². The Morgan fingerprint density at radius 3 is 2.11 bits per heavy atom. The summed E-state index contributed by atoms with van der Waals surface area (Å²) < 4.78 is 11.3. The number of fused-ring (bicyclic) bond motifs is 1. The number of para-hydroxylation sites is 1. The molecule has 0 saturated heterocycles. The molecule has 0 aliphatic rings. The molecule has 4 nitrogen and oxygen atoms in total. The standard InChI is InChI=1S/C24H19NO3/c26-24(28-17-19-10-5-2-6-11-19)21-15-14-20-12-7-13-22(23(20)25-21)27-16-18-8-3-1-4-9-18/h1-15H,16-17H2. The molecule has 0 spiro atoms.